The number of amides is 2. The van der Waals surface area contributed by atoms with Crippen molar-refractivity contribution in [3.05, 3.63) is 45.7 Å². The summed E-state index contributed by atoms with van der Waals surface area (Å²) in [6.07, 6.45) is 1.02. The third-order valence-corrected chi connectivity index (χ3v) is 6.21. The van der Waals surface area contributed by atoms with Crippen molar-refractivity contribution in [2.45, 2.75) is 59.1 Å². The van der Waals surface area contributed by atoms with Gasteiger partial charge in [-0.05, 0) is 87.7 Å². The minimum absolute atomic E-state index is 0.00631. The Labute approximate surface area is 185 Å². The molecule has 8 heteroatoms. The first kappa shape index (κ1) is 22.3. The third-order valence-electron chi connectivity index (χ3n) is 5.06. The highest BCUT2D eigenvalue weighted by molar-refractivity contribution is 9.10. The Kier molecular flexibility index (Phi) is 6.55. The minimum Gasteiger partial charge on any atom is -0.444 e. The van der Waals surface area contributed by atoms with Gasteiger partial charge >= 0.3 is 6.09 Å². The topological polar surface area (TPSA) is 76.5 Å². The van der Waals surface area contributed by atoms with Crippen LogP contribution in [0.15, 0.2) is 28.7 Å². The molecule has 0 spiro atoms. The van der Waals surface area contributed by atoms with Gasteiger partial charge in [0.25, 0.3) is 5.91 Å². The zero-order valence-corrected chi connectivity index (χ0v) is 19.7. The third kappa shape index (κ3) is 5.22. The number of likely N-dealkylation sites (tertiary alicyclic amines) is 1. The molecular weight excluding hydrogens is 448 g/mol. The lowest BCUT2D eigenvalue weighted by Crippen LogP contribution is -2.47. The molecule has 2 aromatic rings. The number of ether oxygens (including phenoxy) is 1. The van der Waals surface area contributed by atoms with Crippen molar-refractivity contribution in [3.8, 4) is 5.69 Å². The Hall–Kier alpha value is -2.35. The Morgan fingerprint density at radius 1 is 1.13 bits per heavy atom. The van der Waals surface area contributed by atoms with Crippen LogP contribution >= 0.6 is 15.9 Å². The van der Waals surface area contributed by atoms with Crippen LogP contribution in [0.3, 0.4) is 0 Å². The van der Waals surface area contributed by atoms with Crippen molar-refractivity contribution in [1.29, 1.82) is 0 Å². The maximum atomic E-state index is 12.9. The lowest BCUT2D eigenvalue weighted by molar-refractivity contribution is 0.0473. The first-order chi connectivity index (χ1) is 14.0. The molecule has 30 heavy (non-hydrogen) atoms. The smallest absolute Gasteiger partial charge is 0.407 e. The lowest BCUT2D eigenvalue weighted by Gasteiger charge is -2.33. The molecule has 0 radical (unpaired) electrons. The van der Waals surface area contributed by atoms with Crippen molar-refractivity contribution in [2.75, 3.05) is 13.1 Å². The molecule has 1 fully saturated rings. The molecule has 2 heterocycles. The van der Waals surface area contributed by atoms with Crippen LogP contribution in [0, 0.1) is 13.8 Å². The summed E-state index contributed by atoms with van der Waals surface area (Å²) in [5.74, 6) is 0.00631. The summed E-state index contributed by atoms with van der Waals surface area (Å²) < 4.78 is 8.16. The number of halogens is 1. The largest absolute Gasteiger partial charge is 0.444 e. The van der Waals surface area contributed by atoms with Crippen molar-refractivity contribution >= 4 is 27.9 Å². The number of hydrogen-bond acceptors (Lipinski definition) is 4. The molecule has 1 aromatic carbocycles. The lowest BCUT2D eigenvalue weighted by atomic mass is 10.0. The molecule has 0 bridgehead atoms. The van der Waals surface area contributed by atoms with Crippen LogP contribution < -0.4 is 5.32 Å². The SMILES string of the molecule is Cc1nn(-c2ccc(C(=O)N3CCC(NC(=O)OC(C)(C)C)CC3)cc2)c(C)c1Br. The van der Waals surface area contributed by atoms with Crippen LogP contribution in [-0.4, -0.2) is 51.4 Å². The van der Waals surface area contributed by atoms with Gasteiger partial charge in [0.15, 0.2) is 0 Å². The van der Waals surface area contributed by atoms with E-state index >= 15 is 0 Å². The molecule has 3 rings (SSSR count). The zero-order chi connectivity index (χ0) is 22.1. The molecular formula is C22H29BrN4O3. The second-order valence-corrected chi connectivity index (χ2v) is 9.45. The van der Waals surface area contributed by atoms with Gasteiger partial charge in [-0.2, -0.15) is 5.10 Å². The first-order valence-electron chi connectivity index (χ1n) is 10.2. The van der Waals surface area contributed by atoms with Gasteiger partial charge in [-0.15, -0.1) is 0 Å². The van der Waals surface area contributed by atoms with Crippen molar-refractivity contribution < 1.29 is 14.3 Å². The summed E-state index contributed by atoms with van der Waals surface area (Å²) in [5, 5.41) is 7.43. The van der Waals surface area contributed by atoms with E-state index in [2.05, 4.69) is 26.3 Å². The molecule has 1 aliphatic rings. The van der Waals surface area contributed by atoms with Crippen LogP contribution in [0.5, 0.6) is 0 Å². The van der Waals surface area contributed by atoms with Crippen molar-refractivity contribution in [2.24, 2.45) is 0 Å². The summed E-state index contributed by atoms with van der Waals surface area (Å²) in [7, 11) is 0. The molecule has 0 unspecified atom stereocenters. The number of piperidine rings is 1. The molecule has 7 nitrogen and oxygen atoms in total. The maximum absolute atomic E-state index is 12.9. The second-order valence-electron chi connectivity index (χ2n) is 8.66. The van der Waals surface area contributed by atoms with Gasteiger partial charge in [0.1, 0.15) is 5.60 Å². The van der Waals surface area contributed by atoms with E-state index in [-0.39, 0.29) is 11.9 Å². The number of aryl methyl sites for hydroxylation is 1. The Balaban J connectivity index is 1.57. The quantitative estimate of drug-likeness (QED) is 0.712. The van der Waals surface area contributed by atoms with Crippen LogP contribution in [0.25, 0.3) is 5.69 Å². The number of aromatic nitrogens is 2. The van der Waals surface area contributed by atoms with Gasteiger partial charge in [-0.25, -0.2) is 9.48 Å². The van der Waals surface area contributed by atoms with Crippen molar-refractivity contribution in [3.63, 3.8) is 0 Å². The molecule has 1 aliphatic heterocycles. The first-order valence-corrected chi connectivity index (χ1v) is 11.0. The molecule has 0 saturated carbocycles. The number of rotatable bonds is 3. The summed E-state index contributed by atoms with van der Waals surface area (Å²) >= 11 is 3.54. The fourth-order valence-electron chi connectivity index (χ4n) is 3.50. The van der Waals surface area contributed by atoms with E-state index in [4.69, 9.17) is 4.74 Å². The molecule has 2 amide bonds. The highest BCUT2D eigenvalue weighted by atomic mass is 79.9. The number of carbonyl (C=O) groups excluding carboxylic acids is 2. The molecule has 1 N–H and O–H groups in total. The maximum Gasteiger partial charge on any atom is 0.407 e. The van der Waals surface area contributed by atoms with E-state index < -0.39 is 11.7 Å². The highest BCUT2D eigenvalue weighted by Gasteiger charge is 2.26. The number of nitrogens with one attached hydrogen (secondary N) is 1. The molecule has 1 saturated heterocycles. The summed E-state index contributed by atoms with van der Waals surface area (Å²) in [6, 6.07) is 7.53. The van der Waals surface area contributed by atoms with Crippen molar-refractivity contribution in [1.82, 2.24) is 20.0 Å². The van der Waals surface area contributed by atoms with E-state index in [9.17, 15) is 9.59 Å². The van der Waals surface area contributed by atoms with Crippen LogP contribution in [-0.2, 0) is 4.74 Å². The number of nitrogens with zero attached hydrogens (tertiary/aromatic N) is 3. The number of hydrogen-bond donors (Lipinski definition) is 1. The van der Waals surface area contributed by atoms with Crippen LogP contribution in [0.1, 0.15) is 55.4 Å². The Morgan fingerprint density at radius 3 is 2.23 bits per heavy atom. The molecule has 1 aromatic heterocycles. The fourth-order valence-corrected chi connectivity index (χ4v) is 3.75. The van der Waals surface area contributed by atoms with E-state index in [0.29, 0.717) is 31.5 Å². The Bertz CT molecular complexity index is 923. The van der Waals surface area contributed by atoms with Crippen LogP contribution in [0.4, 0.5) is 4.79 Å². The fraction of sp³-hybridized carbons (Fsp3) is 0.500. The molecule has 0 aliphatic carbocycles. The summed E-state index contributed by atoms with van der Waals surface area (Å²) in [6.45, 7) is 10.7. The van der Waals surface area contributed by atoms with E-state index in [1.807, 2.05) is 68.5 Å². The number of benzene rings is 1. The van der Waals surface area contributed by atoms with Gasteiger partial charge in [0.2, 0.25) is 0 Å². The Morgan fingerprint density at radius 2 is 1.73 bits per heavy atom. The number of alkyl carbamates (subject to hydrolysis) is 1. The predicted octanol–water partition coefficient (Wildman–Crippen LogP) is 4.38. The normalized spacial score (nSPS) is 15.2. The van der Waals surface area contributed by atoms with E-state index in [1.165, 1.54) is 0 Å². The molecule has 162 valence electrons. The van der Waals surface area contributed by atoms with Crippen LogP contribution in [0.2, 0.25) is 0 Å². The van der Waals surface area contributed by atoms with Gasteiger partial charge < -0.3 is 15.0 Å². The van der Waals surface area contributed by atoms with Gasteiger partial charge in [-0.1, -0.05) is 0 Å². The average molecular weight is 477 g/mol. The van der Waals surface area contributed by atoms with Gasteiger partial charge in [0, 0.05) is 24.7 Å². The monoisotopic (exact) mass is 476 g/mol. The molecule has 0 atom stereocenters. The zero-order valence-electron chi connectivity index (χ0n) is 18.2. The number of carbonyl (C=O) groups is 2. The predicted molar refractivity (Wildman–Crippen MR) is 119 cm³/mol. The van der Waals surface area contributed by atoms with E-state index in [0.717, 1.165) is 21.5 Å². The standard InChI is InChI=1S/C22H29BrN4O3/c1-14-19(23)15(2)27(25-14)18-8-6-16(7-9-18)20(28)26-12-10-17(11-13-26)24-21(29)30-22(3,4)5/h6-9,17H,10-13H2,1-5H3,(H,24,29). The average Bonchev–Trinajstić information content (AvgIpc) is 2.94. The summed E-state index contributed by atoms with van der Waals surface area (Å²) in [5.41, 5.74) is 2.99. The highest BCUT2D eigenvalue weighted by Crippen LogP contribution is 2.23. The second kappa shape index (κ2) is 8.79. The van der Waals surface area contributed by atoms with E-state index in [1.54, 1.807) is 0 Å². The van der Waals surface area contributed by atoms with Gasteiger partial charge in [-0.3, -0.25) is 4.79 Å². The summed E-state index contributed by atoms with van der Waals surface area (Å²) in [4.78, 5) is 26.6. The van der Waals surface area contributed by atoms with Gasteiger partial charge in [0.05, 0.1) is 21.5 Å². The minimum atomic E-state index is -0.517.